The first-order valence-electron chi connectivity index (χ1n) is 10.3. The van der Waals surface area contributed by atoms with Gasteiger partial charge in [-0.3, -0.25) is 4.98 Å². The normalized spacial score (nSPS) is 11.2. The Labute approximate surface area is 186 Å². The Hall–Kier alpha value is -2.50. The van der Waals surface area contributed by atoms with Crippen molar-refractivity contribution < 1.29 is 0 Å². The van der Waals surface area contributed by atoms with Gasteiger partial charge in [0.15, 0.2) is 0 Å². The van der Waals surface area contributed by atoms with E-state index in [1.165, 1.54) is 27.1 Å². The van der Waals surface area contributed by atoms with Gasteiger partial charge in [-0.15, -0.1) is 11.3 Å². The molecule has 6 heteroatoms. The minimum Gasteiger partial charge on any atom is -0.356 e. The van der Waals surface area contributed by atoms with Gasteiger partial charge in [0, 0.05) is 35.9 Å². The van der Waals surface area contributed by atoms with Crippen molar-refractivity contribution in [3.05, 3.63) is 70.1 Å². The van der Waals surface area contributed by atoms with Crippen molar-refractivity contribution in [1.82, 2.24) is 15.0 Å². The Kier molecular flexibility index (Phi) is 6.30. The molecule has 0 aliphatic rings. The molecule has 0 saturated carbocycles. The minimum atomic E-state index is 0.300. The van der Waals surface area contributed by atoms with E-state index in [1.54, 1.807) is 11.3 Å². The summed E-state index contributed by atoms with van der Waals surface area (Å²) >= 11 is 8.02. The standard InChI is InChI=1S/C24H25ClN4S/c1-4-17-6-8-19(9-7-17)20-16(3)30-23-21(20)22(27-24(25)28-23)29(5-2)15-12-18-10-13-26-14-11-18/h6-11,13-14H,4-5,12,15H2,1-3H3. The number of pyridine rings is 1. The summed E-state index contributed by atoms with van der Waals surface area (Å²) in [5.74, 6) is 0.917. The molecule has 4 aromatic rings. The summed E-state index contributed by atoms with van der Waals surface area (Å²) in [5, 5.41) is 1.40. The van der Waals surface area contributed by atoms with Gasteiger partial charge in [-0.25, -0.2) is 4.98 Å². The third kappa shape index (κ3) is 4.18. The van der Waals surface area contributed by atoms with E-state index < -0.39 is 0 Å². The maximum absolute atomic E-state index is 6.34. The first kappa shape index (κ1) is 20.8. The maximum atomic E-state index is 6.34. The molecule has 0 spiro atoms. The molecule has 0 N–H and O–H groups in total. The average molecular weight is 437 g/mol. The second-order valence-corrected chi connectivity index (χ2v) is 8.81. The van der Waals surface area contributed by atoms with E-state index in [1.807, 2.05) is 12.4 Å². The zero-order chi connectivity index (χ0) is 21.1. The predicted octanol–water partition coefficient (Wildman–Crippen LogP) is 6.35. The number of nitrogens with zero attached hydrogens (tertiary/aromatic N) is 4. The average Bonchev–Trinajstić information content (AvgIpc) is 3.10. The molecule has 0 unspecified atom stereocenters. The third-order valence-electron chi connectivity index (χ3n) is 5.43. The maximum Gasteiger partial charge on any atom is 0.225 e. The van der Waals surface area contributed by atoms with Gasteiger partial charge in [-0.1, -0.05) is 31.2 Å². The molecule has 0 fully saturated rings. The first-order valence-corrected chi connectivity index (χ1v) is 11.5. The second-order valence-electron chi connectivity index (χ2n) is 7.27. The van der Waals surface area contributed by atoms with Crippen LogP contribution >= 0.6 is 22.9 Å². The number of anilines is 1. The zero-order valence-electron chi connectivity index (χ0n) is 17.5. The van der Waals surface area contributed by atoms with Crippen LogP contribution in [0.25, 0.3) is 21.3 Å². The number of fused-ring (bicyclic) bond motifs is 1. The molecule has 0 saturated heterocycles. The quantitative estimate of drug-likeness (QED) is 0.317. The summed E-state index contributed by atoms with van der Waals surface area (Å²) in [6.07, 6.45) is 5.63. The monoisotopic (exact) mass is 436 g/mol. The Morgan fingerprint density at radius 1 is 0.967 bits per heavy atom. The van der Waals surface area contributed by atoms with E-state index in [9.17, 15) is 0 Å². The number of rotatable bonds is 7. The highest BCUT2D eigenvalue weighted by molar-refractivity contribution is 7.19. The number of hydrogen-bond donors (Lipinski definition) is 0. The van der Waals surface area contributed by atoms with E-state index in [0.29, 0.717) is 5.28 Å². The number of aromatic nitrogens is 3. The Morgan fingerprint density at radius 2 is 1.70 bits per heavy atom. The van der Waals surface area contributed by atoms with Crippen LogP contribution in [0.4, 0.5) is 5.82 Å². The van der Waals surface area contributed by atoms with Crippen LogP contribution in [0.3, 0.4) is 0 Å². The molecule has 0 atom stereocenters. The molecule has 154 valence electrons. The van der Waals surface area contributed by atoms with Gasteiger partial charge in [0.2, 0.25) is 5.28 Å². The van der Waals surface area contributed by atoms with Crippen LogP contribution in [0.5, 0.6) is 0 Å². The molecular weight excluding hydrogens is 412 g/mol. The molecule has 3 heterocycles. The number of thiophene rings is 1. The SMILES string of the molecule is CCc1ccc(-c2c(C)sc3nc(Cl)nc(N(CC)CCc4ccncc4)c23)cc1. The highest BCUT2D eigenvalue weighted by Gasteiger charge is 2.21. The topological polar surface area (TPSA) is 41.9 Å². The van der Waals surface area contributed by atoms with Crippen LogP contribution in [0, 0.1) is 6.92 Å². The number of hydrogen-bond acceptors (Lipinski definition) is 5. The van der Waals surface area contributed by atoms with E-state index >= 15 is 0 Å². The molecule has 3 aromatic heterocycles. The van der Waals surface area contributed by atoms with Crippen LogP contribution < -0.4 is 4.90 Å². The molecule has 0 aliphatic heterocycles. The lowest BCUT2D eigenvalue weighted by atomic mass is 10.0. The lowest BCUT2D eigenvalue weighted by Gasteiger charge is -2.23. The van der Waals surface area contributed by atoms with Crippen molar-refractivity contribution in [2.45, 2.75) is 33.6 Å². The summed E-state index contributed by atoms with van der Waals surface area (Å²) < 4.78 is 0. The Balaban J connectivity index is 1.79. The van der Waals surface area contributed by atoms with Gasteiger partial charge in [0.25, 0.3) is 0 Å². The minimum absolute atomic E-state index is 0.300. The van der Waals surface area contributed by atoms with Crippen molar-refractivity contribution >= 4 is 39.0 Å². The van der Waals surface area contributed by atoms with Gasteiger partial charge < -0.3 is 4.90 Å². The summed E-state index contributed by atoms with van der Waals surface area (Å²) in [5.41, 5.74) is 5.01. The molecule has 0 bridgehead atoms. The fourth-order valence-corrected chi connectivity index (χ4v) is 5.03. The molecular formula is C24H25ClN4S. The molecule has 0 aliphatic carbocycles. The van der Waals surface area contributed by atoms with E-state index in [4.69, 9.17) is 16.6 Å². The molecule has 0 radical (unpaired) electrons. The zero-order valence-corrected chi connectivity index (χ0v) is 19.1. The van der Waals surface area contributed by atoms with Crippen molar-refractivity contribution in [2.75, 3.05) is 18.0 Å². The van der Waals surface area contributed by atoms with Crippen LogP contribution in [0.15, 0.2) is 48.8 Å². The van der Waals surface area contributed by atoms with Crippen LogP contribution in [0.2, 0.25) is 5.28 Å². The predicted molar refractivity (Wildman–Crippen MR) is 128 cm³/mol. The fourth-order valence-electron chi connectivity index (χ4n) is 3.78. The number of benzene rings is 1. The molecule has 4 nitrogen and oxygen atoms in total. The number of likely N-dealkylation sites (N-methyl/N-ethyl adjacent to an activating group) is 1. The van der Waals surface area contributed by atoms with Crippen molar-refractivity contribution in [2.24, 2.45) is 0 Å². The van der Waals surface area contributed by atoms with Gasteiger partial charge in [-0.05, 0) is 67.1 Å². The molecule has 1 aromatic carbocycles. The lowest BCUT2D eigenvalue weighted by molar-refractivity contribution is 0.796. The van der Waals surface area contributed by atoms with E-state index in [2.05, 4.69) is 72.0 Å². The van der Waals surface area contributed by atoms with Crippen molar-refractivity contribution in [3.63, 3.8) is 0 Å². The molecule has 30 heavy (non-hydrogen) atoms. The largest absolute Gasteiger partial charge is 0.356 e. The lowest BCUT2D eigenvalue weighted by Crippen LogP contribution is -2.26. The van der Waals surface area contributed by atoms with Gasteiger partial charge >= 0.3 is 0 Å². The highest BCUT2D eigenvalue weighted by atomic mass is 35.5. The summed E-state index contributed by atoms with van der Waals surface area (Å²) in [7, 11) is 0. The van der Waals surface area contributed by atoms with E-state index in [-0.39, 0.29) is 0 Å². The third-order valence-corrected chi connectivity index (χ3v) is 6.60. The van der Waals surface area contributed by atoms with Gasteiger partial charge in [-0.2, -0.15) is 4.98 Å². The summed E-state index contributed by atoms with van der Waals surface area (Å²) in [6.45, 7) is 8.18. The fraction of sp³-hybridized carbons (Fsp3) is 0.292. The van der Waals surface area contributed by atoms with Crippen molar-refractivity contribution in [1.29, 1.82) is 0 Å². The van der Waals surface area contributed by atoms with E-state index in [0.717, 1.165) is 42.0 Å². The second kappa shape index (κ2) is 9.11. The summed E-state index contributed by atoms with van der Waals surface area (Å²) in [6, 6.07) is 12.9. The Morgan fingerprint density at radius 3 is 2.37 bits per heavy atom. The van der Waals surface area contributed by atoms with Crippen molar-refractivity contribution in [3.8, 4) is 11.1 Å². The van der Waals surface area contributed by atoms with Crippen LogP contribution in [-0.2, 0) is 12.8 Å². The molecule has 0 amide bonds. The first-order chi connectivity index (χ1) is 14.6. The smallest absolute Gasteiger partial charge is 0.225 e. The van der Waals surface area contributed by atoms with Gasteiger partial charge in [0.05, 0.1) is 5.39 Å². The van der Waals surface area contributed by atoms with Gasteiger partial charge in [0.1, 0.15) is 10.6 Å². The van der Waals surface area contributed by atoms with Crippen LogP contribution in [-0.4, -0.2) is 28.0 Å². The number of halogens is 1. The molecule has 4 rings (SSSR count). The van der Waals surface area contributed by atoms with Crippen LogP contribution in [0.1, 0.15) is 29.9 Å². The Bertz CT molecular complexity index is 1140. The summed E-state index contributed by atoms with van der Waals surface area (Å²) in [4.78, 5) is 17.8. The number of aryl methyl sites for hydroxylation is 2. The highest BCUT2D eigenvalue weighted by Crippen LogP contribution is 2.42.